The monoisotopic (exact) mass is 899 g/mol. The van der Waals surface area contributed by atoms with Crippen LogP contribution in [0.4, 0.5) is 4.79 Å². The second kappa shape index (κ2) is 21.9. The van der Waals surface area contributed by atoms with Gasteiger partial charge in [-0.25, -0.2) is 4.79 Å². The maximum atomic E-state index is 14.2. The van der Waals surface area contributed by atoms with E-state index in [1.165, 1.54) is 21.7 Å². The predicted molar refractivity (Wildman–Crippen MR) is 237 cm³/mol. The van der Waals surface area contributed by atoms with Crippen molar-refractivity contribution < 1.29 is 66.3 Å². The van der Waals surface area contributed by atoms with Crippen molar-refractivity contribution in [1.82, 2.24) is 0 Å². The van der Waals surface area contributed by atoms with Crippen LogP contribution in [0.15, 0.2) is 140 Å². The zero-order valence-electron chi connectivity index (χ0n) is 36.7. The molecule has 1 radical (unpaired) electrons. The number of benzene rings is 5. The molecule has 3 heterocycles. The molecule has 4 aliphatic rings. The fraction of sp³-hybridized carbons (Fsp3) is 0.373. The van der Waals surface area contributed by atoms with Crippen LogP contribution in [-0.4, -0.2) is 108 Å². The summed E-state index contributed by atoms with van der Waals surface area (Å²) in [6.45, 7) is 1.77. The summed E-state index contributed by atoms with van der Waals surface area (Å²) in [5.74, 6) is -0.893. The Bertz CT molecular complexity index is 2290. The molecule has 5 aromatic carbocycles. The summed E-state index contributed by atoms with van der Waals surface area (Å²) in [6.07, 6.45) is -11.4. The molecule has 3 fully saturated rings. The van der Waals surface area contributed by atoms with Crippen molar-refractivity contribution in [2.24, 2.45) is 0 Å². The van der Waals surface area contributed by atoms with E-state index in [1.54, 1.807) is 0 Å². The minimum Gasteiger partial charge on any atom is -0.456 e. The van der Waals surface area contributed by atoms with Crippen LogP contribution in [0.5, 0.6) is 0 Å². The van der Waals surface area contributed by atoms with Gasteiger partial charge in [-0.05, 0) is 38.9 Å². The van der Waals surface area contributed by atoms with Gasteiger partial charge in [0.2, 0.25) is 0 Å². The second-order valence-electron chi connectivity index (χ2n) is 16.4. The van der Waals surface area contributed by atoms with Crippen molar-refractivity contribution in [1.29, 1.82) is 0 Å². The van der Waals surface area contributed by atoms with E-state index in [-0.39, 0.29) is 45.6 Å². The highest BCUT2D eigenvalue weighted by Gasteiger charge is 2.56. The molecule has 0 aromatic heterocycles. The van der Waals surface area contributed by atoms with Crippen molar-refractivity contribution in [3.63, 3.8) is 0 Å². The Morgan fingerprint density at radius 2 is 1.18 bits per heavy atom. The predicted octanol–water partition coefficient (Wildman–Crippen LogP) is 7.07. The van der Waals surface area contributed by atoms with E-state index in [2.05, 4.69) is 12.1 Å². The summed E-state index contributed by atoms with van der Waals surface area (Å²) in [5, 5.41) is 0. The van der Waals surface area contributed by atoms with Crippen molar-refractivity contribution in [2.45, 2.75) is 94.1 Å². The van der Waals surface area contributed by atoms with Crippen LogP contribution in [0.1, 0.15) is 40.7 Å². The molecule has 66 heavy (non-hydrogen) atoms. The highest BCUT2D eigenvalue weighted by molar-refractivity contribution is 6.18. The van der Waals surface area contributed by atoms with Gasteiger partial charge in [0, 0.05) is 20.0 Å². The van der Waals surface area contributed by atoms with Crippen LogP contribution >= 0.6 is 0 Å². The maximum absolute atomic E-state index is 14.2. The van der Waals surface area contributed by atoms with Crippen LogP contribution in [0.25, 0.3) is 11.1 Å². The smallest absolute Gasteiger partial charge is 0.456 e. The lowest BCUT2D eigenvalue weighted by Gasteiger charge is -2.50. The summed E-state index contributed by atoms with van der Waals surface area (Å²) < 4.78 is 75.5. The molecule has 14 nitrogen and oxygen atoms in total. The topological polar surface area (TPSA) is 145 Å². The van der Waals surface area contributed by atoms with Crippen LogP contribution in [-0.2, 0) is 81.3 Å². The molecule has 1 aliphatic carbocycles. The highest BCUT2D eigenvalue weighted by atomic mass is 16.8. The van der Waals surface area contributed by atoms with Crippen molar-refractivity contribution >= 4 is 19.8 Å². The van der Waals surface area contributed by atoms with Crippen LogP contribution in [0, 0.1) is 0 Å². The first-order chi connectivity index (χ1) is 32.4. The van der Waals surface area contributed by atoms with Crippen LogP contribution in [0.2, 0.25) is 0 Å². The van der Waals surface area contributed by atoms with Gasteiger partial charge in [-0.15, -0.1) is 0 Å². The Kier molecular flexibility index (Phi) is 15.2. The normalized spacial score (nSPS) is 26.8. The zero-order valence-corrected chi connectivity index (χ0v) is 36.7. The summed E-state index contributed by atoms with van der Waals surface area (Å²) in [4.78, 5) is 27.2. The summed E-state index contributed by atoms with van der Waals surface area (Å²) in [5.41, 5.74) is 6.84. The third-order valence-corrected chi connectivity index (χ3v) is 12.1. The third kappa shape index (κ3) is 10.7. The molecule has 0 amide bonds. The number of esters is 1. The first-order valence-electron chi connectivity index (χ1n) is 22.1. The van der Waals surface area contributed by atoms with E-state index >= 15 is 0 Å². The average molecular weight is 900 g/mol. The number of ether oxygens (including phenoxy) is 10. The van der Waals surface area contributed by atoms with Crippen molar-refractivity contribution in [2.75, 3.05) is 26.9 Å². The molecule has 0 unspecified atom stereocenters. The molecule has 343 valence electrons. The van der Waals surface area contributed by atoms with Gasteiger partial charge in [-0.3, -0.25) is 4.79 Å². The first-order valence-corrected chi connectivity index (χ1v) is 22.1. The Balaban J connectivity index is 1.04. The highest BCUT2D eigenvalue weighted by Crippen LogP contribution is 2.45. The van der Waals surface area contributed by atoms with Crippen molar-refractivity contribution in [3.05, 3.63) is 167 Å². The number of rotatable bonds is 17. The van der Waals surface area contributed by atoms with Crippen molar-refractivity contribution in [3.8, 4) is 11.1 Å². The van der Waals surface area contributed by atoms with Gasteiger partial charge < -0.3 is 56.7 Å². The molecule has 3 saturated heterocycles. The fourth-order valence-corrected chi connectivity index (χ4v) is 9.00. The lowest BCUT2D eigenvalue weighted by Crippen LogP contribution is -2.67. The minimum atomic E-state index is -1.35. The molecule has 0 bridgehead atoms. The van der Waals surface area contributed by atoms with E-state index in [1.807, 2.05) is 127 Å². The molecule has 5 aromatic rings. The standard InChI is InChI=1S/C51H52BO14/c1-32(53)61-43-41(30-56-26-33-16-6-3-7-17-33)63-50(64-48-45(57-27-34-18-8-4-9-19-34)44-42(31-60-52-66-44)62-49(48)55-2)47(58-28-35-20-10-5-11-21-35)46(43)65-51(54)59-29-40-38-24-14-12-22-36(38)37-23-13-15-25-39(37)40/h3-25,40-50H,26-31H2,1-2H3/t41-,42-,43+,44+,45+,46+,47-,48-,49-,50+/m1/s1. The van der Waals surface area contributed by atoms with Gasteiger partial charge >= 0.3 is 19.8 Å². The van der Waals surface area contributed by atoms with Gasteiger partial charge in [-0.1, -0.05) is 140 Å². The van der Waals surface area contributed by atoms with Gasteiger partial charge in [0.15, 0.2) is 24.8 Å². The number of fused-ring (bicyclic) bond motifs is 4. The summed E-state index contributed by atoms with van der Waals surface area (Å²) >= 11 is 0. The number of carbonyl (C=O) groups is 2. The molecule has 15 heteroatoms. The molecule has 0 saturated carbocycles. The Morgan fingerprint density at radius 3 is 1.79 bits per heavy atom. The fourth-order valence-electron chi connectivity index (χ4n) is 9.00. The van der Waals surface area contributed by atoms with E-state index in [0.29, 0.717) is 0 Å². The van der Waals surface area contributed by atoms with E-state index in [9.17, 15) is 9.59 Å². The van der Waals surface area contributed by atoms with Gasteiger partial charge in [0.25, 0.3) is 0 Å². The van der Waals surface area contributed by atoms with Gasteiger partial charge in [-0.2, -0.15) is 0 Å². The van der Waals surface area contributed by atoms with Gasteiger partial charge in [0.05, 0.1) is 39.1 Å². The third-order valence-electron chi connectivity index (χ3n) is 12.1. The quantitative estimate of drug-likeness (QED) is 0.0693. The second-order valence-corrected chi connectivity index (χ2v) is 16.4. The van der Waals surface area contributed by atoms with Gasteiger partial charge in [0.1, 0.15) is 37.1 Å². The molecule has 3 aliphatic heterocycles. The minimum absolute atomic E-state index is 0.0218. The summed E-state index contributed by atoms with van der Waals surface area (Å²) in [6, 6.07) is 44.8. The molecule has 0 spiro atoms. The Hall–Kier alpha value is -5.46. The Labute approximate surface area is 384 Å². The molecule has 10 atom stereocenters. The lowest BCUT2D eigenvalue weighted by atomic mass is 9.95. The number of methoxy groups -OCH3 is 1. The first kappa shape index (κ1) is 45.7. The van der Waals surface area contributed by atoms with E-state index < -0.39 is 73.5 Å². The van der Waals surface area contributed by atoms with Crippen LogP contribution in [0.3, 0.4) is 0 Å². The van der Waals surface area contributed by atoms with Crippen LogP contribution < -0.4 is 0 Å². The van der Waals surface area contributed by atoms with E-state index in [4.69, 9.17) is 56.7 Å². The number of hydrogen-bond donors (Lipinski definition) is 0. The average Bonchev–Trinajstić information content (AvgIpc) is 3.67. The molecule has 0 N–H and O–H groups in total. The van der Waals surface area contributed by atoms with E-state index in [0.717, 1.165) is 38.9 Å². The Morgan fingerprint density at radius 1 is 0.606 bits per heavy atom. The SMILES string of the molecule is CO[C@@H]1O[C@@H]2CO[B]O[C@@H]2[C@H](OCc2ccccc2)[C@H]1O[C@@H]1O[C@H](COCc2ccccc2)[C@H](OC(C)=O)[C@H](OC(=O)OCC2c3ccccc3-c3ccccc32)[C@H]1OCc1ccccc1. The molecular weight excluding hydrogens is 847 g/mol. The summed E-state index contributed by atoms with van der Waals surface area (Å²) in [7, 11) is 2.76. The lowest BCUT2D eigenvalue weighted by molar-refractivity contribution is -0.374. The molecule has 9 rings (SSSR count). The molecular formula is C51H52BO14. The zero-order chi connectivity index (χ0) is 45.2. The maximum Gasteiger partial charge on any atom is 0.508 e. The largest absolute Gasteiger partial charge is 0.508 e. The number of carbonyl (C=O) groups excluding carboxylic acids is 2. The number of hydrogen-bond acceptors (Lipinski definition) is 14.